The standard InChI is InChI=1S/C51H55N3O8S/c1-34-15-25-45(26-16-34)63(59,60)53-46(28-36-9-5-4-6-10-36)50(58)52-30-38-11-7-12-42(27-38)39-21-23-41(24-22-39)51-61-48(32-54(3)31-47(57)43-13-8-14-44(56)29-43)35(2)49(62-51)40-19-17-37(33-55)18-20-40/h4-27,29,35,46-49,51,53,55-57H,28,30-33H2,1-3H3,(H,52,58)/t35-,46-,47-,48+,49+,51+/m1/s1. The monoisotopic (exact) mass is 869 g/mol. The highest BCUT2D eigenvalue weighted by Crippen LogP contribution is 2.42. The van der Waals surface area contributed by atoms with E-state index in [1.54, 1.807) is 36.4 Å². The maximum Gasteiger partial charge on any atom is 0.241 e. The Bertz CT molecular complexity index is 2540. The normalized spacial score (nSPS) is 18.8. The second-order valence-corrected chi connectivity index (χ2v) is 18.1. The molecule has 6 atom stereocenters. The van der Waals surface area contributed by atoms with Gasteiger partial charge in [-0.25, -0.2) is 8.42 Å². The molecule has 7 rings (SSSR count). The molecule has 0 unspecified atom stereocenters. The second kappa shape index (κ2) is 20.7. The summed E-state index contributed by atoms with van der Waals surface area (Å²) in [4.78, 5) is 15.8. The molecule has 63 heavy (non-hydrogen) atoms. The van der Waals surface area contributed by atoms with Gasteiger partial charge in [0, 0.05) is 31.1 Å². The average Bonchev–Trinajstić information content (AvgIpc) is 3.29. The molecule has 0 bridgehead atoms. The molecule has 0 spiro atoms. The molecule has 6 aromatic rings. The van der Waals surface area contributed by atoms with Crippen molar-refractivity contribution in [2.75, 3.05) is 20.1 Å². The fraction of sp³-hybridized carbons (Fsp3) is 0.275. The zero-order chi connectivity index (χ0) is 44.5. The minimum atomic E-state index is -3.98. The Hall–Kier alpha value is -5.70. The number of sulfonamides is 1. The molecule has 1 saturated heterocycles. The van der Waals surface area contributed by atoms with Crippen LogP contribution in [-0.4, -0.2) is 66.8 Å². The summed E-state index contributed by atoms with van der Waals surface area (Å²) < 4.78 is 42.8. The van der Waals surface area contributed by atoms with Crippen LogP contribution >= 0.6 is 0 Å². The molecule has 5 N–H and O–H groups in total. The fourth-order valence-corrected chi connectivity index (χ4v) is 9.05. The number of aromatic hydroxyl groups is 1. The van der Waals surface area contributed by atoms with E-state index in [-0.39, 0.29) is 48.3 Å². The molecule has 1 fully saturated rings. The number of ether oxygens (including phenoxy) is 2. The SMILES string of the molecule is Cc1ccc(S(=O)(=O)N[C@H](Cc2ccccc2)C(=O)NCc2cccc(-c3ccc([C@H]4O[C@@H](CN(C)C[C@@H](O)c5cccc(O)c5)[C@@H](C)[C@@H](c5ccc(CO)cc5)O4)cc3)c2)cc1. The number of aryl methyl sites for hydroxylation is 1. The van der Waals surface area contributed by atoms with E-state index in [2.05, 4.69) is 17.0 Å². The Labute approximate surface area is 370 Å². The lowest BCUT2D eigenvalue weighted by atomic mass is 9.90. The number of hydrogen-bond acceptors (Lipinski definition) is 9. The number of amides is 1. The van der Waals surface area contributed by atoms with Crippen LogP contribution in [0.4, 0.5) is 0 Å². The van der Waals surface area contributed by atoms with Crippen molar-refractivity contribution in [3.8, 4) is 16.9 Å². The van der Waals surface area contributed by atoms with Gasteiger partial charge in [-0.15, -0.1) is 0 Å². The van der Waals surface area contributed by atoms with Crippen molar-refractivity contribution in [2.45, 2.75) is 69.0 Å². The van der Waals surface area contributed by atoms with Crippen LogP contribution < -0.4 is 10.0 Å². The quantitative estimate of drug-likeness (QED) is 0.0626. The lowest BCUT2D eigenvalue weighted by Gasteiger charge is -2.42. The molecule has 0 aliphatic carbocycles. The van der Waals surface area contributed by atoms with Crippen molar-refractivity contribution in [1.82, 2.24) is 14.9 Å². The highest BCUT2D eigenvalue weighted by Gasteiger charge is 2.39. The van der Waals surface area contributed by atoms with Crippen molar-refractivity contribution in [1.29, 1.82) is 0 Å². The lowest BCUT2D eigenvalue weighted by molar-refractivity contribution is -0.276. The van der Waals surface area contributed by atoms with Gasteiger partial charge in [-0.1, -0.05) is 134 Å². The minimum absolute atomic E-state index is 0.0555. The Morgan fingerprint density at radius 3 is 2.14 bits per heavy atom. The molecule has 0 saturated carbocycles. The van der Waals surface area contributed by atoms with Gasteiger partial charge in [-0.2, -0.15) is 4.72 Å². The van der Waals surface area contributed by atoms with Gasteiger partial charge in [-0.3, -0.25) is 4.79 Å². The number of benzene rings is 6. The summed E-state index contributed by atoms with van der Waals surface area (Å²) in [6.07, 6.45) is -1.91. The molecule has 1 amide bonds. The fourth-order valence-electron chi connectivity index (χ4n) is 7.86. The first-order chi connectivity index (χ1) is 30.3. The van der Waals surface area contributed by atoms with Crippen molar-refractivity contribution in [3.05, 3.63) is 191 Å². The average molecular weight is 870 g/mol. The number of phenolic OH excluding ortho intramolecular Hbond substituents is 1. The second-order valence-electron chi connectivity index (χ2n) is 16.4. The zero-order valence-electron chi connectivity index (χ0n) is 35.7. The first-order valence-electron chi connectivity index (χ1n) is 21.1. The van der Waals surface area contributed by atoms with Gasteiger partial charge in [0.15, 0.2) is 6.29 Å². The van der Waals surface area contributed by atoms with Gasteiger partial charge in [0.25, 0.3) is 0 Å². The topological polar surface area (TPSA) is 158 Å². The summed E-state index contributed by atoms with van der Waals surface area (Å²) in [6, 6.07) is 45.0. The van der Waals surface area contributed by atoms with E-state index < -0.39 is 34.4 Å². The number of aliphatic hydroxyl groups is 2. The predicted octanol–water partition coefficient (Wildman–Crippen LogP) is 7.52. The van der Waals surface area contributed by atoms with Crippen molar-refractivity contribution >= 4 is 15.9 Å². The Morgan fingerprint density at radius 2 is 1.44 bits per heavy atom. The molecule has 1 heterocycles. The molecular weight excluding hydrogens is 815 g/mol. The summed E-state index contributed by atoms with van der Waals surface area (Å²) in [5.41, 5.74) is 7.70. The van der Waals surface area contributed by atoms with Gasteiger partial charge in [-0.05, 0) is 89.7 Å². The largest absolute Gasteiger partial charge is 0.508 e. The molecule has 328 valence electrons. The summed E-state index contributed by atoms with van der Waals surface area (Å²) in [5, 5.41) is 33.6. The van der Waals surface area contributed by atoms with Crippen LogP contribution in [-0.2, 0) is 43.9 Å². The molecule has 6 aromatic carbocycles. The number of aliphatic hydroxyl groups excluding tert-OH is 2. The predicted molar refractivity (Wildman–Crippen MR) is 243 cm³/mol. The van der Waals surface area contributed by atoms with Crippen LogP contribution in [0, 0.1) is 12.8 Å². The van der Waals surface area contributed by atoms with E-state index in [9.17, 15) is 28.5 Å². The van der Waals surface area contributed by atoms with Crippen LogP contribution in [0.2, 0.25) is 0 Å². The molecule has 12 heteroatoms. The summed E-state index contributed by atoms with van der Waals surface area (Å²) in [6.45, 7) is 4.94. The lowest BCUT2D eigenvalue weighted by Crippen LogP contribution is -2.47. The van der Waals surface area contributed by atoms with Crippen LogP contribution in [0.1, 0.15) is 64.4 Å². The molecule has 1 aliphatic rings. The Balaban J connectivity index is 1.04. The third kappa shape index (κ3) is 11.9. The third-order valence-corrected chi connectivity index (χ3v) is 13.0. The summed E-state index contributed by atoms with van der Waals surface area (Å²) in [7, 11) is -2.05. The van der Waals surface area contributed by atoms with Gasteiger partial charge in [0.2, 0.25) is 15.9 Å². The van der Waals surface area contributed by atoms with Crippen molar-refractivity contribution in [3.63, 3.8) is 0 Å². The minimum Gasteiger partial charge on any atom is -0.508 e. The smallest absolute Gasteiger partial charge is 0.241 e. The molecule has 11 nitrogen and oxygen atoms in total. The van der Waals surface area contributed by atoms with Gasteiger partial charge in [0.05, 0.1) is 29.8 Å². The third-order valence-electron chi connectivity index (χ3n) is 11.5. The first kappa shape index (κ1) is 45.3. The number of hydrogen-bond donors (Lipinski definition) is 5. The molecular formula is C51H55N3O8S. The van der Waals surface area contributed by atoms with Gasteiger partial charge in [0.1, 0.15) is 11.8 Å². The maximum absolute atomic E-state index is 13.7. The Morgan fingerprint density at radius 1 is 0.762 bits per heavy atom. The van der Waals surface area contributed by atoms with Crippen LogP contribution in [0.5, 0.6) is 5.75 Å². The summed E-state index contributed by atoms with van der Waals surface area (Å²) in [5.74, 6) is -0.403. The Kier molecular flexibility index (Phi) is 14.9. The van der Waals surface area contributed by atoms with Gasteiger partial charge < -0.3 is 35.0 Å². The first-order valence-corrected chi connectivity index (χ1v) is 22.6. The van der Waals surface area contributed by atoms with Crippen LogP contribution in [0.25, 0.3) is 11.1 Å². The number of nitrogens with one attached hydrogen (secondary N) is 2. The van der Waals surface area contributed by atoms with Gasteiger partial charge >= 0.3 is 0 Å². The van der Waals surface area contributed by atoms with E-state index in [1.807, 2.05) is 122 Å². The van der Waals surface area contributed by atoms with E-state index in [4.69, 9.17) is 9.47 Å². The van der Waals surface area contributed by atoms with Crippen molar-refractivity contribution < 1.29 is 38.0 Å². The molecule has 1 aliphatic heterocycles. The number of carbonyl (C=O) groups excluding carboxylic acids is 1. The summed E-state index contributed by atoms with van der Waals surface area (Å²) >= 11 is 0. The number of carbonyl (C=O) groups is 1. The maximum atomic E-state index is 13.7. The molecule has 0 aromatic heterocycles. The highest BCUT2D eigenvalue weighted by molar-refractivity contribution is 7.89. The number of rotatable bonds is 17. The number of nitrogens with zero attached hydrogens (tertiary/aromatic N) is 1. The van der Waals surface area contributed by atoms with E-state index in [0.29, 0.717) is 18.7 Å². The van der Waals surface area contributed by atoms with E-state index >= 15 is 0 Å². The number of likely N-dealkylation sites (N-methyl/N-ethyl adjacent to an activating group) is 1. The number of phenols is 1. The van der Waals surface area contributed by atoms with E-state index in [1.165, 1.54) is 12.1 Å². The molecule has 0 radical (unpaired) electrons. The highest BCUT2D eigenvalue weighted by atomic mass is 32.2. The van der Waals surface area contributed by atoms with Crippen molar-refractivity contribution in [2.24, 2.45) is 5.92 Å². The van der Waals surface area contributed by atoms with Crippen LogP contribution in [0.3, 0.4) is 0 Å². The van der Waals surface area contributed by atoms with Crippen LogP contribution in [0.15, 0.2) is 157 Å². The zero-order valence-corrected chi connectivity index (χ0v) is 36.5. The van der Waals surface area contributed by atoms with E-state index in [0.717, 1.165) is 44.5 Å².